The molecular weight excluding hydrogens is 378 g/mol. The van der Waals surface area contributed by atoms with Gasteiger partial charge in [0.05, 0.1) is 32.5 Å². The van der Waals surface area contributed by atoms with Crippen LogP contribution in [0, 0.1) is 0 Å². The van der Waals surface area contributed by atoms with Gasteiger partial charge in [0.2, 0.25) is 5.91 Å². The summed E-state index contributed by atoms with van der Waals surface area (Å²) in [6.07, 6.45) is 3.44. The highest BCUT2D eigenvalue weighted by Gasteiger charge is 2.13. The lowest BCUT2D eigenvalue weighted by molar-refractivity contribution is -0.115. The molecule has 0 unspecified atom stereocenters. The Bertz CT molecular complexity index is 1130. The molecule has 0 saturated carbocycles. The minimum absolute atomic E-state index is 0.153. The van der Waals surface area contributed by atoms with Gasteiger partial charge in [0.15, 0.2) is 0 Å². The Morgan fingerprint density at radius 3 is 2.89 bits per heavy atom. The first-order valence-electron chi connectivity index (χ1n) is 8.73. The van der Waals surface area contributed by atoms with Crippen molar-refractivity contribution in [2.45, 2.75) is 13.0 Å². The van der Waals surface area contributed by atoms with Crippen molar-refractivity contribution in [3.63, 3.8) is 0 Å². The van der Waals surface area contributed by atoms with Gasteiger partial charge in [-0.25, -0.2) is 4.68 Å². The molecule has 4 aromatic rings. The number of hydrogen-bond donors (Lipinski definition) is 1. The van der Waals surface area contributed by atoms with Crippen LogP contribution in [0.4, 0.5) is 5.82 Å². The topological polar surface area (TPSA) is 69.3 Å². The number of ether oxygens (including phenoxy) is 1. The molecule has 0 aliphatic carbocycles. The van der Waals surface area contributed by atoms with E-state index in [4.69, 9.17) is 20.8 Å². The Morgan fingerprint density at radius 1 is 1.21 bits per heavy atom. The van der Waals surface area contributed by atoms with Gasteiger partial charge in [-0.15, -0.1) is 0 Å². The van der Waals surface area contributed by atoms with E-state index in [0.717, 1.165) is 16.5 Å². The molecule has 6 nitrogen and oxygen atoms in total. The minimum Gasteiger partial charge on any atom is -0.497 e. The molecule has 0 spiro atoms. The van der Waals surface area contributed by atoms with Gasteiger partial charge in [-0.3, -0.25) is 4.79 Å². The number of rotatable bonds is 6. The molecule has 0 aliphatic rings. The Morgan fingerprint density at radius 2 is 2.07 bits per heavy atom. The van der Waals surface area contributed by atoms with E-state index in [0.29, 0.717) is 28.7 Å². The van der Waals surface area contributed by atoms with E-state index in [1.807, 2.05) is 36.4 Å². The van der Waals surface area contributed by atoms with Crippen LogP contribution < -0.4 is 10.1 Å². The third kappa shape index (κ3) is 3.73. The molecule has 1 amide bonds. The molecule has 2 aromatic heterocycles. The monoisotopic (exact) mass is 395 g/mol. The predicted molar refractivity (Wildman–Crippen MR) is 108 cm³/mol. The maximum atomic E-state index is 12.6. The summed E-state index contributed by atoms with van der Waals surface area (Å²) in [5.74, 6) is 1.17. The molecular formula is C21H18ClN3O3. The smallest absolute Gasteiger partial charge is 0.230 e. The Labute approximate surface area is 166 Å². The number of halogens is 1. The second kappa shape index (κ2) is 7.78. The largest absolute Gasteiger partial charge is 0.497 e. The number of hydrogen-bond acceptors (Lipinski definition) is 4. The normalized spacial score (nSPS) is 10.9. The number of carbonyl (C=O) groups is 1. The molecule has 0 atom stereocenters. The van der Waals surface area contributed by atoms with Crippen molar-refractivity contribution in [1.82, 2.24) is 9.78 Å². The molecule has 7 heteroatoms. The molecule has 0 radical (unpaired) electrons. The van der Waals surface area contributed by atoms with E-state index in [1.54, 1.807) is 36.4 Å². The molecule has 0 saturated heterocycles. The van der Waals surface area contributed by atoms with Crippen molar-refractivity contribution < 1.29 is 13.9 Å². The number of amides is 1. The molecule has 1 N–H and O–H groups in total. The average Bonchev–Trinajstić information content (AvgIpc) is 3.30. The number of fused-ring (bicyclic) bond motifs is 1. The summed E-state index contributed by atoms with van der Waals surface area (Å²) in [4.78, 5) is 12.6. The summed E-state index contributed by atoms with van der Waals surface area (Å²) in [5.41, 5.74) is 2.43. The van der Waals surface area contributed by atoms with Crippen molar-refractivity contribution in [2.24, 2.45) is 0 Å². The van der Waals surface area contributed by atoms with Crippen LogP contribution in [0.1, 0.15) is 11.1 Å². The Kier molecular flexibility index (Phi) is 5.04. The van der Waals surface area contributed by atoms with Crippen LogP contribution in [0.25, 0.3) is 11.0 Å². The third-order valence-electron chi connectivity index (χ3n) is 4.48. The van der Waals surface area contributed by atoms with Crippen LogP contribution in [0.5, 0.6) is 5.75 Å². The van der Waals surface area contributed by atoms with Gasteiger partial charge < -0.3 is 14.5 Å². The molecule has 2 heterocycles. The van der Waals surface area contributed by atoms with E-state index in [1.165, 1.54) is 0 Å². The fourth-order valence-corrected chi connectivity index (χ4v) is 3.24. The summed E-state index contributed by atoms with van der Waals surface area (Å²) < 4.78 is 12.5. The van der Waals surface area contributed by atoms with E-state index in [9.17, 15) is 4.79 Å². The zero-order chi connectivity index (χ0) is 19.5. The summed E-state index contributed by atoms with van der Waals surface area (Å²) in [6, 6.07) is 14.9. The number of nitrogens with zero attached hydrogens (tertiary/aromatic N) is 2. The lowest BCUT2D eigenvalue weighted by atomic mass is 10.1. The van der Waals surface area contributed by atoms with Gasteiger partial charge in [-0.1, -0.05) is 29.8 Å². The number of furan rings is 1. The highest BCUT2D eigenvalue weighted by atomic mass is 35.5. The molecule has 142 valence electrons. The number of aromatic nitrogens is 2. The van der Waals surface area contributed by atoms with Gasteiger partial charge in [0.25, 0.3) is 0 Å². The maximum absolute atomic E-state index is 12.6. The quantitative estimate of drug-likeness (QED) is 0.521. The third-order valence-corrected chi connectivity index (χ3v) is 4.84. The number of anilines is 1. The van der Waals surface area contributed by atoms with Gasteiger partial charge in [0.1, 0.15) is 17.2 Å². The molecule has 2 aromatic carbocycles. The van der Waals surface area contributed by atoms with Crippen LogP contribution in [0.3, 0.4) is 0 Å². The van der Waals surface area contributed by atoms with Crippen LogP contribution in [-0.2, 0) is 17.8 Å². The molecule has 0 aliphatic heterocycles. The number of methoxy groups -OCH3 is 1. The van der Waals surface area contributed by atoms with Gasteiger partial charge in [-0.2, -0.15) is 5.10 Å². The van der Waals surface area contributed by atoms with Crippen LogP contribution in [-0.4, -0.2) is 22.8 Å². The highest BCUT2D eigenvalue weighted by Crippen LogP contribution is 2.26. The van der Waals surface area contributed by atoms with E-state index < -0.39 is 0 Å². The average molecular weight is 396 g/mol. The number of carbonyl (C=O) groups excluding carboxylic acids is 1. The summed E-state index contributed by atoms with van der Waals surface area (Å²) in [7, 11) is 1.60. The predicted octanol–water partition coefficient (Wildman–Crippen LogP) is 4.52. The Hall–Kier alpha value is -3.25. The number of nitrogens with one attached hydrogen (secondary N) is 1. The van der Waals surface area contributed by atoms with Crippen LogP contribution in [0.2, 0.25) is 5.02 Å². The maximum Gasteiger partial charge on any atom is 0.230 e. The summed E-state index contributed by atoms with van der Waals surface area (Å²) >= 11 is 6.22. The van der Waals surface area contributed by atoms with Gasteiger partial charge >= 0.3 is 0 Å². The summed E-state index contributed by atoms with van der Waals surface area (Å²) in [5, 5.41) is 8.74. The van der Waals surface area contributed by atoms with Crippen molar-refractivity contribution in [3.05, 3.63) is 77.1 Å². The van der Waals surface area contributed by atoms with E-state index in [2.05, 4.69) is 10.4 Å². The van der Waals surface area contributed by atoms with E-state index in [-0.39, 0.29) is 12.3 Å². The highest BCUT2D eigenvalue weighted by molar-refractivity contribution is 6.31. The molecule has 0 fully saturated rings. The van der Waals surface area contributed by atoms with E-state index >= 15 is 0 Å². The first kappa shape index (κ1) is 18.1. The second-order valence-electron chi connectivity index (χ2n) is 6.31. The van der Waals surface area contributed by atoms with Crippen molar-refractivity contribution in [1.29, 1.82) is 0 Å². The van der Waals surface area contributed by atoms with Gasteiger partial charge in [0, 0.05) is 28.1 Å². The van der Waals surface area contributed by atoms with Crippen molar-refractivity contribution >= 4 is 34.3 Å². The SMILES string of the molecule is COc1ccc2c(CC(=O)Nc3ccnn3Cc3ccccc3Cl)coc2c1. The Balaban J connectivity index is 1.48. The first-order chi connectivity index (χ1) is 13.6. The van der Waals surface area contributed by atoms with Gasteiger partial charge in [-0.05, 0) is 23.8 Å². The standard InChI is InChI=1S/C21H18ClN3O3/c1-27-16-6-7-17-15(13-28-19(17)11-16)10-21(26)24-20-8-9-23-25(20)12-14-4-2-3-5-18(14)22/h2-9,11,13H,10,12H2,1H3,(H,24,26). The zero-order valence-electron chi connectivity index (χ0n) is 15.2. The zero-order valence-corrected chi connectivity index (χ0v) is 15.9. The fourth-order valence-electron chi connectivity index (χ4n) is 3.04. The van der Waals surface area contributed by atoms with Crippen LogP contribution >= 0.6 is 11.6 Å². The van der Waals surface area contributed by atoms with Crippen LogP contribution in [0.15, 0.2) is 65.4 Å². The minimum atomic E-state index is -0.153. The first-order valence-corrected chi connectivity index (χ1v) is 9.11. The lowest BCUT2D eigenvalue weighted by Gasteiger charge is -2.10. The number of benzene rings is 2. The lowest BCUT2D eigenvalue weighted by Crippen LogP contribution is -2.18. The molecule has 0 bridgehead atoms. The fraction of sp³-hybridized carbons (Fsp3) is 0.143. The van der Waals surface area contributed by atoms with Crippen molar-refractivity contribution in [3.8, 4) is 5.75 Å². The van der Waals surface area contributed by atoms with Crippen molar-refractivity contribution in [2.75, 3.05) is 12.4 Å². The second-order valence-corrected chi connectivity index (χ2v) is 6.72. The molecule has 4 rings (SSSR count). The molecule has 28 heavy (non-hydrogen) atoms. The summed E-state index contributed by atoms with van der Waals surface area (Å²) in [6.45, 7) is 0.469.